The van der Waals surface area contributed by atoms with Crippen molar-refractivity contribution in [2.24, 2.45) is 0 Å². The standard InChI is InChI=1S/C15H29N3O3/c1-7-18(6)13(19)10(2)16-11-8-12(9-11)17-14(20)21-15(3,4)5/h10-12,16H,7-9H2,1-6H3,(H,17,20). The van der Waals surface area contributed by atoms with Crippen molar-refractivity contribution in [3.63, 3.8) is 0 Å². The van der Waals surface area contributed by atoms with Crippen molar-refractivity contribution in [2.75, 3.05) is 13.6 Å². The Kier molecular flexibility index (Phi) is 6.01. The maximum absolute atomic E-state index is 11.9. The summed E-state index contributed by atoms with van der Waals surface area (Å²) in [5.74, 6) is 0.0982. The van der Waals surface area contributed by atoms with Gasteiger partial charge >= 0.3 is 6.09 Å². The van der Waals surface area contributed by atoms with Crippen LogP contribution in [0, 0.1) is 0 Å². The van der Waals surface area contributed by atoms with E-state index in [1.165, 1.54) is 0 Å². The summed E-state index contributed by atoms with van der Waals surface area (Å²) in [6.45, 7) is 10.1. The van der Waals surface area contributed by atoms with Gasteiger partial charge < -0.3 is 20.3 Å². The summed E-state index contributed by atoms with van der Waals surface area (Å²) >= 11 is 0. The van der Waals surface area contributed by atoms with Crippen LogP contribution in [0.4, 0.5) is 4.79 Å². The van der Waals surface area contributed by atoms with E-state index < -0.39 is 5.60 Å². The number of carbonyl (C=O) groups is 2. The normalized spacial score (nSPS) is 23.0. The summed E-state index contributed by atoms with van der Waals surface area (Å²) in [4.78, 5) is 25.3. The van der Waals surface area contributed by atoms with Gasteiger partial charge in [-0.05, 0) is 47.5 Å². The molecule has 0 spiro atoms. The van der Waals surface area contributed by atoms with Gasteiger partial charge in [-0.25, -0.2) is 4.79 Å². The van der Waals surface area contributed by atoms with E-state index in [-0.39, 0.29) is 30.1 Å². The molecular weight excluding hydrogens is 270 g/mol. The molecule has 1 saturated carbocycles. The second kappa shape index (κ2) is 7.11. The minimum Gasteiger partial charge on any atom is -0.444 e. The highest BCUT2D eigenvalue weighted by molar-refractivity contribution is 5.81. The molecule has 0 radical (unpaired) electrons. The number of likely N-dealkylation sites (N-methyl/N-ethyl adjacent to an activating group) is 1. The molecule has 6 heteroatoms. The molecule has 1 atom stereocenters. The third-order valence-electron chi connectivity index (χ3n) is 3.57. The SMILES string of the molecule is CCN(C)C(=O)C(C)NC1CC(NC(=O)OC(C)(C)C)C1. The van der Waals surface area contributed by atoms with Crippen molar-refractivity contribution in [3.8, 4) is 0 Å². The van der Waals surface area contributed by atoms with Crippen LogP contribution >= 0.6 is 0 Å². The Balaban J connectivity index is 2.25. The van der Waals surface area contributed by atoms with E-state index in [1.807, 2.05) is 34.6 Å². The Labute approximate surface area is 127 Å². The van der Waals surface area contributed by atoms with Gasteiger partial charge in [0, 0.05) is 25.7 Å². The largest absolute Gasteiger partial charge is 0.444 e. The highest BCUT2D eigenvalue weighted by atomic mass is 16.6. The quantitative estimate of drug-likeness (QED) is 0.807. The zero-order chi connectivity index (χ0) is 16.2. The summed E-state index contributed by atoms with van der Waals surface area (Å²) in [5.41, 5.74) is -0.475. The lowest BCUT2D eigenvalue weighted by Gasteiger charge is -2.38. The van der Waals surface area contributed by atoms with E-state index in [1.54, 1.807) is 11.9 Å². The minimum absolute atomic E-state index is 0.0982. The van der Waals surface area contributed by atoms with Gasteiger partial charge in [-0.15, -0.1) is 0 Å². The molecule has 1 aliphatic rings. The number of alkyl carbamates (subject to hydrolysis) is 1. The van der Waals surface area contributed by atoms with Crippen LogP contribution < -0.4 is 10.6 Å². The lowest BCUT2D eigenvalue weighted by Crippen LogP contribution is -2.57. The van der Waals surface area contributed by atoms with Crippen LogP contribution in [0.1, 0.15) is 47.5 Å². The lowest BCUT2D eigenvalue weighted by atomic mass is 9.86. The van der Waals surface area contributed by atoms with E-state index in [9.17, 15) is 9.59 Å². The van der Waals surface area contributed by atoms with E-state index >= 15 is 0 Å². The van der Waals surface area contributed by atoms with E-state index in [2.05, 4.69) is 10.6 Å². The summed E-state index contributed by atoms with van der Waals surface area (Å²) < 4.78 is 5.21. The number of rotatable bonds is 5. The first-order valence-corrected chi connectivity index (χ1v) is 7.63. The molecule has 0 aromatic rings. The molecule has 0 heterocycles. The van der Waals surface area contributed by atoms with Crippen molar-refractivity contribution in [3.05, 3.63) is 0 Å². The van der Waals surface area contributed by atoms with Crippen LogP contribution in [0.5, 0.6) is 0 Å². The second-order valence-corrected chi connectivity index (χ2v) is 6.75. The monoisotopic (exact) mass is 299 g/mol. The van der Waals surface area contributed by atoms with Gasteiger partial charge in [0.1, 0.15) is 5.60 Å². The highest BCUT2D eigenvalue weighted by Crippen LogP contribution is 2.21. The molecule has 2 amide bonds. The van der Waals surface area contributed by atoms with Gasteiger partial charge in [0.05, 0.1) is 6.04 Å². The predicted octanol–water partition coefficient (Wildman–Crippen LogP) is 1.50. The van der Waals surface area contributed by atoms with Crippen molar-refractivity contribution < 1.29 is 14.3 Å². The Morgan fingerprint density at radius 2 is 1.86 bits per heavy atom. The molecule has 122 valence electrons. The summed E-state index contributed by atoms with van der Waals surface area (Å²) in [6, 6.07) is 0.208. The van der Waals surface area contributed by atoms with Crippen LogP contribution in [0.25, 0.3) is 0 Å². The molecule has 1 rings (SSSR count). The zero-order valence-corrected chi connectivity index (χ0v) is 14.0. The fraction of sp³-hybridized carbons (Fsp3) is 0.867. The van der Waals surface area contributed by atoms with Crippen LogP contribution in [0.2, 0.25) is 0 Å². The van der Waals surface area contributed by atoms with Gasteiger partial charge in [0.2, 0.25) is 5.91 Å². The maximum atomic E-state index is 11.9. The Morgan fingerprint density at radius 3 is 2.33 bits per heavy atom. The Hall–Kier alpha value is -1.30. The van der Waals surface area contributed by atoms with Crippen molar-refractivity contribution in [2.45, 2.75) is 71.2 Å². The van der Waals surface area contributed by atoms with E-state index in [0.717, 1.165) is 12.8 Å². The van der Waals surface area contributed by atoms with Crippen molar-refractivity contribution in [1.29, 1.82) is 0 Å². The van der Waals surface area contributed by atoms with Crippen LogP contribution in [0.3, 0.4) is 0 Å². The molecule has 0 aliphatic heterocycles. The molecule has 6 nitrogen and oxygen atoms in total. The fourth-order valence-electron chi connectivity index (χ4n) is 2.26. The number of hydrogen-bond donors (Lipinski definition) is 2. The van der Waals surface area contributed by atoms with Crippen LogP contribution in [-0.2, 0) is 9.53 Å². The number of carbonyl (C=O) groups excluding carboxylic acids is 2. The Morgan fingerprint density at radius 1 is 1.29 bits per heavy atom. The average molecular weight is 299 g/mol. The zero-order valence-electron chi connectivity index (χ0n) is 14.0. The maximum Gasteiger partial charge on any atom is 0.407 e. The number of hydrogen-bond acceptors (Lipinski definition) is 4. The van der Waals surface area contributed by atoms with Gasteiger partial charge in [-0.3, -0.25) is 4.79 Å². The number of nitrogens with one attached hydrogen (secondary N) is 2. The Bertz CT molecular complexity index is 373. The summed E-state index contributed by atoms with van der Waals surface area (Å²) in [6.07, 6.45) is 1.28. The predicted molar refractivity (Wildman–Crippen MR) is 82.1 cm³/mol. The molecule has 0 bridgehead atoms. The molecule has 1 fully saturated rings. The first-order valence-electron chi connectivity index (χ1n) is 7.63. The molecule has 0 saturated heterocycles. The molecule has 1 unspecified atom stereocenters. The molecule has 1 aliphatic carbocycles. The summed E-state index contributed by atoms with van der Waals surface area (Å²) in [7, 11) is 1.80. The topological polar surface area (TPSA) is 70.7 Å². The van der Waals surface area contributed by atoms with E-state index in [4.69, 9.17) is 4.74 Å². The third-order valence-corrected chi connectivity index (χ3v) is 3.57. The van der Waals surface area contributed by atoms with Crippen molar-refractivity contribution >= 4 is 12.0 Å². The first-order chi connectivity index (χ1) is 9.62. The fourth-order valence-corrected chi connectivity index (χ4v) is 2.26. The molecule has 0 aromatic carbocycles. The molecule has 2 N–H and O–H groups in total. The molecule has 0 aromatic heterocycles. The molecule has 21 heavy (non-hydrogen) atoms. The number of ether oxygens (including phenoxy) is 1. The van der Waals surface area contributed by atoms with Gasteiger partial charge in [-0.2, -0.15) is 0 Å². The third kappa shape index (κ3) is 5.91. The van der Waals surface area contributed by atoms with Crippen LogP contribution in [-0.4, -0.2) is 54.2 Å². The van der Waals surface area contributed by atoms with Gasteiger partial charge in [0.15, 0.2) is 0 Å². The van der Waals surface area contributed by atoms with Gasteiger partial charge in [-0.1, -0.05) is 0 Å². The minimum atomic E-state index is -0.475. The van der Waals surface area contributed by atoms with Crippen molar-refractivity contribution in [1.82, 2.24) is 15.5 Å². The van der Waals surface area contributed by atoms with Crippen LogP contribution in [0.15, 0.2) is 0 Å². The highest BCUT2D eigenvalue weighted by Gasteiger charge is 2.33. The lowest BCUT2D eigenvalue weighted by molar-refractivity contribution is -0.131. The number of amides is 2. The smallest absolute Gasteiger partial charge is 0.407 e. The number of nitrogens with zero attached hydrogens (tertiary/aromatic N) is 1. The van der Waals surface area contributed by atoms with Gasteiger partial charge in [0.25, 0.3) is 0 Å². The molecular formula is C15H29N3O3. The second-order valence-electron chi connectivity index (χ2n) is 6.75. The first kappa shape index (κ1) is 17.8. The van der Waals surface area contributed by atoms with E-state index in [0.29, 0.717) is 6.54 Å². The summed E-state index contributed by atoms with van der Waals surface area (Å²) in [5, 5.41) is 6.14. The average Bonchev–Trinajstić information content (AvgIpc) is 2.31.